The van der Waals surface area contributed by atoms with E-state index in [-0.39, 0.29) is 11.5 Å². The van der Waals surface area contributed by atoms with Gasteiger partial charge in [-0.15, -0.1) is 0 Å². The number of benzene rings is 1. The predicted molar refractivity (Wildman–Crippen MR) is 128 cm³/mol. The van der Waals surface area contributed by atoms with Crippen LogP contribution < -0.4 is 10.9 Å². The first kappa shape index (κ1) is 22.1. The molecule has 1 aromatic carbocycles. The highest BCUT2D eigenvalue weighted by atomic mass is 16.1. The molecule has 32 heavy (non-hydrogen) atoms. The molecule has 1 amide bonds. The number of hydrogen-bond acceptors (Lipinski definition) is 3. The monoisotopic (exact) mass is 432 g/mol. The molecule has 1 aliphatic carbocycles. The summed E-state index contributed by atoms with van der Waals surface area (Å²) in [5, 5.41) is 9.03. The molecule has 0 atom stereocenters. The third-order valence-electron chi connectivity index (χ3n) is 6.48. The van der Waals surface area contributed by atoms with Crippen LogP contribution in [0.3, 0.4) is 0 Å². The van der Waals surface area contributed by atoms with Crippen molar-refractivity contribution in [2.45, 2.75) is 65.3 Å². The topological polar surface area (TPSA) is 68.9 Å². The van der Waals surface area contributed by atoms with Gasteiger partial charge in [0.05, 0.1) is 17.3 Å². The summed E-state index contributed by atoms with van der Waals surface area (Å²) in [6, 6.07) is 9.47. The molecule has 0 saturated carbocycles. The van der Waals surface area contributed by atoms with E-state index in [9.17, 15) is 9.59 Å². The molecule has 0 saturated heterocycles. The molecule has 1 aliphatic rings. The molecule has 3 aromatic rings. The van der Waals surface area contributed by atoms with Crippen LogP contribution in [0.1, 0.15) is 56.3 Å². The minimum Gasteiger partial charge on any atom is -0.356 e. The molecule has 1 N–H and O–H groups in total. The van der Waals surface area contributed by atoms with Crippen molar-refractivity contribution in [1.82, 2.24) is 19.7 Å². The van der Waals surface area contributed by atoms with Crippen LogP contribution in [0.4, 0.5) is 0 Å². The largest absolute Gasteiger partial charge is 0.356 e. The van der Waals surface area contributed by atoms with Crippen LogP contribution in [-0.4, -0.2) is 26.8 Å². The van der Waals surface area contributed by atoms with Gasteiger partial charge in [-0.3, -0.25) is 9.59 Å². The number of aromatic nitrogens is 3. The summed E-state index contributed by atoms with van der Waals surface area (Å²) in [6.07, 6.45) is 11.2. The Morgan fingerprint density at radius 3 is 2.69 bits per heavy atom. The molecule has 0 spiro atoms. The van der Waals surface area contributed by atoms with E-state index in [1.165, 1.54) is 35.9 Å². The SMILES string of the molecule is Cc1c2cnn(-c3ccccc3)c(=O)c2c(C)n1CCCC(=O)NCCC1=CCCCC1. The number of para-hydroxylation sites is 1. The number of carbonyl (C=O) groups excluding carboxylic acids is 1. The van der Waals surface area contributed by atoms with Crippen LogP contribution >= 0.6 is 0 Å². The molecule has 0 unspecified atom stereocenters. The second-order valence-corrected chi connectivity index (χ2v) is 8.62. The predicted octanol–water partition coefficient (Wildman–Crippen LogP) is 4.59. The second kappa shape index (κ2) is 9.98. The highest BCUT2D eigenvalue weighted by molar-refractivity contribution is 5.87. The van der Waals surface area contributed by atoms with Crippen LogP contribution in [0.2, 0.25) is 0 Å². The molecule has 2 heterocycles. The lowest BCUT2D eigenvalue weighted by Crippen LogP contribution is -2.25. The van der Waals surface area contributed by atoms with E-state index < -0.39 is 0 Å². The van der Waals surface area contributed by atoms with E-state index in [0.717, 1.165) is 41.8 Å². The molecule has 6 nitrogen and oxygen atoms in total. The fourth-order valence-corrected chi connectivity index (χ4v) is 4.68. The molecular weight excluding hydrogens is 400 g/mol. The van der Waals surface area contributed by atoms with Gasteiger partial charge in [0, 0.05) is 36.3 Å². The van der Waals surface area contributed by atoms with Gasteiger partial charge in [0.2, 0.25) is 5.91 Å². The first-order chi connectivity index (χ1) is 15.6. The minimum absolute atomic E-state index is 0.0986. The van der Waals surface area contributed by atoms with Crippen molar-refractivity contribution in [3.8, 4) is 5.69 Å². The Bertz CT molecular complexity index is 1190. The summed E-state index contributed by atoms with van der Waals surface area (Å²) >= 11 is 0. The van der Waals surface area contributed by atoms with Crippen molar-refractivity contribution in [1.29, 1.82) is 0 Å². The summed E-state index contributed by atoms with van der Waals surface area (Å²) in [7, 11) is 0. The van der Waals surface area contributed by atoms with Gasteiger partial charge in [-0.2, -0.15) is 9.78 Å². The number of amides is 1. The van der Waals surface area contributed by atoms with Crippen molar-refractivity contribution >= 4 is 16.7 Å². The van der Waals surface area contributed by atoms with Crippen molar-refractivity contribution < 1.29 is 4.79 Å². The first-order valence-electron chi connectivity index (χ1n) is 11.6. The fraction of sp³-hybridized carbons (Fsp3) is 0.423. The van der Waals surface area contributed by atoms with Gasteiger partial charge in [-0.25, -0.2) is 0 Å². The van der Waals surface area contributed by atoms with E-state index in [1.54, 1.807) is 6.20 Å². The Kier molecular flexibility index (Phi) is 6.88. The van der Waals surface area contributed by atoms with Crippen LogP contribution in [0.25, 0.3) is 16.5 Å². The van der Waals surface area contributed by atoms with Gasteiger partial charge in [0.1, 0.15) is 0 Å². The lowest BCUT2D eigenvalue weighted by Gasteiger charge is -2.13. The first-order valence-corrected chi connectivity index (χ1v) is 11.6. The van der Waals surface area contributed by atoms with E-state index in [4.69, 9.17) is 0 Å². The van der Waals surface area contributed by atoms with E-state index in [0.29, 0.717) is 18.4 Å². The zero-order chi connectivity index (χ0) is 22.5. The summed E-state index contributed by atoms with van der Waals surface area (Å²) in [5.74, 6) is 0.0986. The summed E-state index contributed by atoms with van der Waals surface area (Å²) in [5.41, 5.74) is 4.08. The van der Waals surface area contributed by atoms with Gasteiger partial charge in [-0.05, 0) is 64.5 Å². The summed E-state index contributed by atoms with van der Waals surface area (Å²) in [6.45, 7) is 5.42. The maximum absolute atomic E-state index is 13.2. The Morgan fingerprint density at radius 1 is 1.12 bits per heavy atom. The maximum atomic E-state index is 13.2. The van der Waals surface area contributed by atoms with Gasteiger partial charge < -0.3 is 9.88 Å². The summed E-state index contributed by atoms with van der Waals surface area (Å²) in [4.78, 5) is 25.4. The average molecular weight is 433 g/mol. The number of fused-ring (bicyclic) bond motifs is 1. The molecular formula is C26H32N4O2. The number of allylic oxidation sites excluding steroid dienone is 1. The quantitative estimate of drug-likeness (QED) is 0.529. The van der Waals surface area contributed by atoms with Gasteiger partial charge in [0.25, 0.3) is 5.56 Å². The number of aryl methyl sites for hydroxylation is 2. The van der Waals surface area contributed by atoms with Crippen molar-refractivity contribution in [2.24, 2.45) is 0 Å². The van der Waals surface area contributed by atoms with Crippen LogP contribution in [0.5, 0.6) is 0 Å². The van der Waals surface area contributed by atoms with Crippen LogP contribution in [0.15, 0.2) is 53.0 Å². The normalized spacial score (nSPS) is 13.9. The zero-order valence-electron chi connectivity index (χ0n) is 19.1. The number of rotatable bonds is 8. The maximum Gasteiger partial charge on any atom is 0.281 e. The molecule has 2 aromatic heterocycles. The third-order valence-corrected chi connectivity index (χ3v) is 6.48. The number of nitrogens with one attached hydrogen (secondary N) is 1. The standard InChI is InChI=1S/C26H32N4O2/c1-19-23-18-28-30(22-12-7-4-8-13-22)26(32)25(23)20(2)29(19)17-9-14-24(31)27-16-15-21-10-5-3-6-11-21/h4,7-8,10,12-13,18H,3,5-6,9,11,14-17H2,1-2H3,(H,27,31). The van der Waals surface area contributed by atoms with Crippen LogP contribution in [0, 0.1) is 13.8 Å². The number of hydrogen-bond donors (Lipinski definition) is 1. The molecule has 0 radical (unpaired) electrons. The molecule has 4 rings (SSSR count). The fourth-order valence-electron chi connectivity index (χ4n) is 4.68. The second-order valence-electron chi connectivity index (χ2n) is 8.62. The highest BCUT2D eigenvalue weighted by Gasteiger charge is 2.17. The molecule has 168 valence electrons. The third kappa shape index (κ3) is 4.69. The zero-order valence-corrected chi connectivity index (χ0v) is 19.1. The molecule has 0 aliphatic heterocycles. The number of carbonyl (C=O) groups is 1. The molecule has 0 fully saturated rings. The van der Waals surface area contributed by atoms with E-state index in [1.807, 2.05) is 44.2 Å². The summed E-state index contributed by atoms with van der Waals surface area (Å²) < 4.78 is 3.59. The van der Waals surface area contributed by atoms with Crippen molar-refractivity contribution in [3.63, 3.8) is 0 Å². The van der Waals surface area contributed by atoms with Gasteiger partial charge >= 0.3 is 0 Å². The Hall–Kier alpha value is -3.15. The Morgan fingerprint density at radius 2 is 1.94 bits per heavy atom. The molecule has 6 heteroatoms. The lowest BCUT2D eigenvalue weighted by atomic mass is 9.97. The van der Waals surface area contributed by atoms with Crippen molar-refractivity contribution in [2.75, 3.05) is 6.54 Å². The van der Waals surface area contributed by atoms with E-state index in [2.05, 4.69) is 21.1 Å². The highest BCUT2D eigenvalue weighted by Crippen LogP contribution is 2.23. The average Bonchev–Trinajstić information content (AvgIpc) is 3.06. The minimum atomic E-state index is -0.109. The number of nitrogens with zero attached hydrogens (tertiary/aromatic N) is 3. The molecule has 0 bridgehead atoms. The Balaban J connectivity index is 1.40. The smallest absolute Gasteiger partial charge is 0.281 e. The van der Waals surface area contributed by atoms with Crippen LogP contribution in [-0.2, 0) is 11.3 Å². The van der Waals surface area contributed by atoms with Gasteiger partial charge in [-0.1, -0.05) is 29.8 Å². The van der Waals surface area contributed by atoms with Gasteiger partial charge in [0.15, 0.2) is 0 Å². The van der Waals surface area contributed by atoms with Crippen molar-refractivity contribution in [3.05, 3.63) is 69.9 Å². The lowest BCUT2D eigenvalue weighted by molar-refractivity contribution is -0.121. The van der Waals surface area contributed by atoms with E-state index >= 15 is 0 Å². The Labute approximate surface area is 188 Å².